The van der Waals surface area contributed by atoms with E-state index in [1.54, 1.807) is 18.4 Å². The molecule has 0 radical (unpaired) electrons. The molecule has 2 N–H and O–H groups in total. The van der Waals surface area contributed by atoms with Gasteiger partial charge in [-0.1, -0.05) is 0 Å². The molecule has 4 heteroatoms. The van der Waals surface area contributed by atoms with Crippen molar-refractivity contribution in [2.24, 2.45) is 0 Å². The van der Waals surface area contributed by atoms with Gasteiger partial charge in [-0.2, -0.15) is 0 Å². The quantitative estimate of drug-likeness (QED) is 0.828. The molecule has 1 aromatic heterocycles. The van der Waals surface area contributed by atoms with E-state index < -0.39 is 0 Å². The minimum atomic E-state index is 0.571. The number of nitrogen functional groups attached to an aromatic ring is 1. The van der Waals surface area contributed by atoms with Crippen LogP contribution in [0, 0.1) is 0 Å². The second-order valence-electron chi connectivity index (χ2n) is 3.57. The molecule has 2 aromatic rings. The smallest absolute Gasteiger partial charge is 0.119 e. The van der Waals surface area contributed by atoms with Crippen molar-refractivity contribution in [3.8, 4) is 16.2 Å². The fourth-order valence-corrected chi connectivity index (χ4v) is 2.25. The zero-order chi connectivity index (χ0) is 12.1. The Morgan fingerprint density at radius 1 is 1.06 bits per heavy atom. The lowest BCUT2D eigenvalue weighted by Gasteiger charge is -2.05. The number of hydrogen-bond donors (Lipinski definition) is 1. The summed E-state index contributed by atoms with van der Waals surface area (Å²) in [5.41, 5.74) is 6.86. The molecule has 0 saturated carbocycles. The number of methoxy groups -OCH3 is 1. The second-order valence-corrected chi connectivity index (χ2v) is 4.68. The van der Waals surface area contributed by atoms with E-state index in [1.807, 2.05) is 36.4 Å². The van der Waals surface area contributed by atoms with Gasteiger partial charge in [0.2, 0.25) is 0 Å². The topological polar surface area (TPSA) is 44.5 Å². The van der Waals surface area contributed by atoms with Crippen molar-refractivity contribution in [3.05, 3.63) is 36.4 Å². The molecule has 2 rings (SSSR count). The Morgan fingerprint density at radius 2 is 1.82 bits per heavy atom. The number of anilines is 1. The minimum Gasteiger partial charge on any atom is -0.491 e. The highest BCUT2D eigenvalue weighted by atomic mass is 32.1. The summed E-state index contributed by atoms with van der Waals surface area (Å²) >= 11 is 1.59. The van der Waals surface area contributed by atoms with Crippen LogP contribution in [-0.2, 0) is 4.74 Å². The predicted molar refractivity (Wildman–Crippen MR) is 71.5 cm³/mol. The van der Waals surface area contributed by atoms with Gasteiger partial charge in [0, 0.05) is 12.0 Å². The fourth-order valence-electron chi connectivity index (χ4n) is 1.47. The van der Waals surface area contributed by atoms with Crippen LogP contribution in [0.2, 0.25) is 0 Å². The average Bonchev–Trinajstić information content (AvgIpc) is 2.77. The van der Waals surface area contributed by atoms with Crippen molar-refractivity contribution >= 4 is 16.3 Å². The lowest BCUT2D eigenvalue weighted by atomic mass is 10.2. The molecule has 0 fully saturated rings. The van der Waals surface area contributed by atoms with Gasteiger partial charge in [-0.15, -0.1) is 11.3 Å². The van der Waals surface area contributed by atoms with Crippen LogP contribution in [0.25, 0.3) is 10.4 Å². The molecule has 1 heterocycles. The first-order valence-electron chi connectivity index (χ1n) is 5.37. The SMILES string of the molecule is COCCOc1ccc(-c2ccc(N)s2)cc1. The molecule has 90 valence electrons. The van der Waals surface area contributed by atoms with Gasteiger partial charge in [-0.3, -0.25) is 0 Å². The highest BCUT2D eigenvalue weighted by molar-refractivity contribution is 7.19. The lowest BCUT2D eigenvalue weighted by molar-refractivity contribution is 0.146. The van der Waals surface area contributed by atoms with Crippen LogP contribution in [0.3, 0.4) is 0 Å². The highest BCUT2D eigenvalue weighted by Crippen LogP contribution is 2.30. The predicted octanol–water partition coefficient (Wildman–Crippen LogP) is 3.02. The van der Waals surface area contributed by atoms with Crippen LogP contribution in [0.1, 0.15) is 0 Å². The highest BCUT2D eigenvalue weighted by Gasteiger charge is 2.01. The van der Waals surface area contributed by atoms with Crippen LogP contribution in [0.15, 0.2) is 36.4 Å². The van der Waals surface area contributed by atoms with Crippen LogP contribution in [0.5, 0.6) is 5.75 Å². The van der Waals surface area contributed by atoms with Gasteiger partial charge in [0.25, 0.3) is 0 Å². The molecule has 0 bridgehead atoms. The summed E-state index contributed by atoms with van der Waals surface area (Å²) in [6, 6.07) is 11.9. The van der Waals surface area contributed by atoms with Gasteiger partial charge in [0.05, 0.1) is 11.6 Å². The fraction of sp³-hybridized carbons (Fsp3) is 0.231. The Kier molecular flexibility index (Phi) is 4.01. The van der Waals surface area contributed by atoms with Crippen molar-refractivity contribution in [3.63, 3.8) is 0 Å². The standard InChI is InChI=1S/C13H15NO2S/c1-15-8-9-16-11-4-2-10(3-5-11)12-6-7-13(14)17-12/h2-7H,8-9,14H2,1H3. The molecular weight excluding hydrogens is 234 g/mol. The summed E-state index contributed by atoms with van der Waals surface area (Å²) < 4.78 is 10.4. The van der Waals surface area contributed by atoms with Crippen molar-refractivity contribution in [2.45, 2.75) is 0 Å². The number of thiophene rings is 1. The lowest BCUT2D eigenvalue weighted by Crippen LogP contribution is -2.03. The first-order valence-corrected chi connectivity index (χ1v) is 6.19. The first kappa shape index (κ1) is 12.0. The summed E-state index contributed by atoms with van der Waals surface area (Å²) in [5.74, 6) is 0.857. The normalized spacial score (nSPS) is 10.4. The molecule has 17 heavy (non-hydrogen) atoms. The van der Waals surface area contributed by atoms with Crippen molar-refractivity contribution in [2.75, 3.05) is 26.1 Å². The van der Waals surface area contributed by atoms with Crippen molar-refractivity contribution in [1.29, 1.82) is 0 Å². The molecule has 3 nitrogen and oxygen atoms in total. The second kappa shape index (κ2) is 5.70. The van der Waals surface area contributed by atoms with E-state index >= 15 is 0 Å². The van der Waals surface area contributed by atoms with Crippen LogP contribution >= 0.6 is 11.3 Å². The number of ether oxygens (including phenoxy) is 2. The van der Waals surface area contributed by atoms with E-state index in [4.69, 9.17) is 15.2 Å². The van der Waals surface area contributed by atoms with Crippen LogP contribution in [-0.4, -0.2) is 20.3 Å². The van der Waals surface area contributed by atoms with Gasteiger partial charge < -0.3 is 15.2 Å². The summed E-state index contributed by atoms with van der Waals surface area (Å²) in [6.45, 7) is 1.17. The van der Waals surface area contributed by atoms with E-state index in [2.05, 4.69) is 0 Å². The molecule has 0 unspecified atom stereocenters. The average molecular weight is 249 g/mol. The maximum absolute atomic E-state index is 5.71. The Morgan fingerprint density at radius 3 is 2.41 bits per heavy atom. The summed E-state index contributed by atoms with van der Waals surface area (Å²) in [7, 11) is 1.66. The maximum atomic E-state index is 5.71. The van der Waals surface area contributed by atoms with Crippen molar-refractivity contribution in [1.82, 2.24) is 0 Å². The molecule has 1 aromatic carbocycles. The van der Waals surface area contributed by atoms with Gasteiger partial charge in [0.1, 0.15) is 12.4 Å². The number of nitrogens with two attached hydrogens (primary N) is 1. The molecule has 0 saturated heterocycles. The molecule has 0 spiro atoms. The van der Waals surface area contributed by atoms with E-state index in [0.717, 1.165) is 16.3 Å². The number of benzene rings is 1. The van der Waals surface area contributed by atoms with E-state index in [1.165, 1.54) is 4.88 Å². The van der Waals surface area contributed by atoms with E-state index in [9.17, 15) is 0 Å². The van der Waals surface area contributed by atoms with Gasteiger partial charge in [0.15, 0.2) is 0 Å². The van der Waals surface area contributed by atoms with Crippen molar-refractivity contribution < 1.29 is 9.47 Å². The molecule has 0 aliphatic rings. The van der Waals surface area contributed by atoms with Gasteiger partial charge in [-0.25, -0.2) is 0 Å². The Balaban J connectivity index is 2.02. The monoisotopic (exact) mass is 249 g/mol. The number of rotatable bonds is 5. The van der Waals surface area contributed by atoms with Crippen LogP contribution in [0.4, 0.5) is 5.00 Å². The molecular formula is C13H15NO2S. The summed E-state index contributed by atoms with van der Waals surface area (Å²) in [5, 5.41) is 0.834. The Bertz CT molecular complexity index is 465. The zero-order valence-electron chi connectivity index (χ0n) is 9.68. The zero-order valence-corrected chi connectivity index (χ0v) is 10.5. The maximum Gasteiger partial charge on any atom is 0.119 e. The summed E-state index contributed by atoms with van der Waals surface area (Å²) in [6.07, 6.45) is 0. The summed E-state index contributed by atoms with van der Waals surface area (Å²) in [4.78, 5) is 1.17. The molecule has 0 atom stereocenters. The van der Waals surface area contributed by atoms with E-state index in [-0.39, 0.29) is 0 Å². The first-order chi connectivity index (χ1) is 8.29. The Hall–Kier alpha value is -1.52. The molecule has 0 aliphatic carbocycles. The Labute approximate surface area is 105 Å². The third-order valence-electron chi connectivity index (χ3n) is 2.32. The number of hydrogen-bond acceptors (Lipinski definition) is 4. The third kappa shape index (κ3) is 3.22. The van der Waals surface area contributed by atoms with Gasteiger partial charge in [-0.05, 0) is 42.0 Å². The largest absolute Gasteiger partial charge is 0.491 e. The van der Waals surface area contributed by atoms with Crippen LogP contribution < -0.4 is 10.5 Å². The molecule has 0 aliphatic heterocycles. The third-order valence-corrected chi connectivity index (χ3v) is 3.29. The van der Waals surface area contributed by atoms with E-state index in [0.29, 0.717) is 13.2 Å². The van der Waals surface area contributed by atoms with Gasteiger partial charge >= 0.3 is 0 Å². The molecule has 0 amide bonds. The minimum absolute atomic E-state index is 0.571.